The Morgan fingerprint density at radius 3 is 2.42 bits per heavy atom. The second-order valence-electron chi connectivity index (χ2n) is 4.45. The van der Waals surface area contributed by atoms with Crippen LogP contribution >= 0.6 is 34.8 Å². The van der Waals surface area contributed by atoms with Gasteiger partial charge in [-0.3, -0.25) is 9.59 Å². The summed E-state index contributed by atoms with van der Waals surface area (Å²) in [6.07, 6.45) is 1.26. The van der Waals surface area contributed by atoms with Gasteiger partial charge in [0.1, 0.15) is 5.82 Å². The predicted octanol–water partition coefficient (Wildman–Crippen LogP) is 3.87. The number of carbonyl (C=O) groups is 2. The van der Waals surface area contributed by atoms with Gasteiger partial charge in [0.05, 0.1) is 16.3 Å². The summed E-state index contributed by atoms with van der Waals surface area (Å²) in [6, 6.07) is 8.22. The number of anilines is 1. The molecule has 0 unspecified atom stereocenters. The fraction of sp³-hybridized carbons (Fsp3) is 0. The second-order valence-corrected chi connectivity index (χ2v) is 5.70. The molecule has 0 heterocycles. The van der Waals surface area contributed by atoms with Crippen molar-refractivity contribution >= 4 is 58.5 Å². The van der Waals surface area contributed by atoms with Crippen molar-refractivity contribution in [2.24, 2.45) is 5.10 Å². The standard InChI is InChI=1S/C15H9Cl3FN3O2/c16-9-2-1-8(11(17)5-9)7-20-22-15(24)14(23)21-10-3-4-13(19)12(18)6-10/h1-7H,(H,21,23)(H,22,24)/b20-7+. The van der Waals surface area contributed by atoms with E-state index in [1.165, 1.54) is 24.4 Å². The van der Waals surface area contributed by atoms with E-state index in [0.29, 0.717) is 15.6 Å². The maximum atomic E-state index is 13.0. The molecule has 24 heavy (non-hydrogen) atoms. The van der Waals surface area contributed by atoms with E-state index >= 15 is 0 Å². The van der Waals surface area contributed by atoms with Crippen LogP contribution in [0.4, 0.5) is 10.1 Å². The summed E-state index contributed by atoms with van der Waals surface area (Å²) >= 11 is 17.3. The second kappa shape index (κ2) is 8.10. The van der Waals surface area contributed by atoms with Crippen molar-refractivity contribution in [2.45, 2.75) is 0 Å². The van der Waals surface area contributed by atoms with Gasteiger partial charge in [-0.15, -0.1) is 0 Å². The van der Waals surface area contributed by atoms with Gasteiger partial charge in [0.15, 0.2) is 0 Å². The molecule has 0 aliphatic carbocycles. The van der Waals surface area contributed by atoms with Gasteiger partial charge in [-0.25, -0.2) is 9.82 Å². The normalized spacial score (nSPS) is 10.7. The van der Waals surface area contributed by atoms with Gasteiger partial charge in [0.25, 0.3) is 0 Å². The SMILES string of the molecule is O=C(N/N=C/c1ccc(Cl)cc1Cl)C(=O)Nc1ccc(F)c(Cl)c1. The number of amides is 2. The van der Waals surface area contributed by atoms with Crippen molar-refractivity contribution in [3.8, 4) is 0 Å². The molecule has 0 saturated heterocycles. The molecular formula is C15H9Cl3FN3O2. The third-order valence-electron chi connectivity index (χ3n) is 2.72. The number of hydrogen-bond donors (Lipinski definition) is 2. The average molecular weight is 389 g/mol. The summed E-state index contributed by atoms with van der Waals surface area (Å²) in [4.78, 5) is 23.3. The first-order valence-electron chi connectivity index (χ1n) is 6.41. The molecule has 2 aromatic rings. The Bertz CT molecular complexity index is 828. The van der Waals surface area contributed by atoms with E-state index in [9.17, 15) is 14.0 Å². The molecule has 9 heteroatoms. The van der Waals surface area contributed by atoms with Crippen LogP contribution in [0, 0.1) is 5.82 Å². The number of benzene rings is 2. The minimum Gasteiger partial charge on any atom is -0.318 e. The van der Waals surface area contributed by atoms with E-state index < -0.39 is 17.6 Å². The Morgan fingerprint density at radius 1 is 1.00 bits per heavy atom. The van der Waals surface area contributed by atoms with Crippen LogP contribution < -0.4 is 10.7 Å². The van der Waals surface area contributed by atoms with Gasteiger partial charge in [-0.05, 0) is 30.3 Å². The lowest BCUT2D eigenvalue weighted by atomic mass is 10.2. The van der Waals surface area contributed by atoms with E-state index in [2.05, 4.69) is 10.4 Å². The largest absolute Gasteiger partial charge is 0.329 e. The van der Waals surface area contributed by atoms with E-state index in [-0.39, 0.29) is 10.7 Å². The lowest BCUT2D eigenvalue weighted by molar-refractivity contribution is -0.136. The number of carbonyl (C=O) groups excluding carboxylic acids is 2. The highest BCUT2D eigenvalue weighted by Crippen LogP contribution is 2.20. The quantitative estimate of drug-likeness (QED) is 0.476. The molecule has 5 nitrogen and oxygen atoms in total. The van der Waals surface area contributed by atoms with Crippen LogP contribution in [0.3, 0.4) is 0 Å². The lowest BCUT2D eigenvalue weighted by Crippen LogP contribution is -2.32. The maximum Gasteiger partial charge on any atom is 0.329 e. The molecule has 2 N–H and O–H groups in total. The molecule has 0 aliphatic heterocycles. The zero-order valence-corrected chi connectivity index (χ0v) is 14.1. The summed E-state index contributed by atoms with van der Waals surface area (Å²) in [5, 5.41) is 6.50. The Kier molecular flexibility index (Phi) is 6.14. The molecule has 0 aliphatic rings. The topological polar surface area (TPSA) is 70.6 Å². The molecule has 0 atom stereocenters. The first-order valence-corrected chi connectivity index (χ1v) is 7.54. The van der Waals surface area contributed by atoms with Crippen LogP contribution in [0.15, 0.2) is 41.5 Å². The number of hydrazone groups is 1. The van der Waals surface area contributed by atoms with E-state index in [1.54, 1.807) is 12.1 Å². The van der Waals surface area contributed by atoms with Crippen LogP contribution in [-0.2, 0) is 9.59 Å². The molecule has 0 radical (unpaired) electrons. The van der Waals surface area contributed by atoms with Crippen molar-refractivity contribution in [1.82, 2.24) is 5.43 Å². The van der Waals surface area contributed by atoms with E-state index in [0.717, 1.165) is 6.07 Å². The van der Waals surface area contributed by atoms with Gasteiger partial charge >= 0.3 is 11.8 Å². The van der Waals surface area contributed by atoms with Crippen molar-refractivity contribution in [3.05, 3.63) is 62.8 Å². The summed E-state index contributed by atoms with van der Waals surface area (Å²) in [6.45, 7) is 0. The highest BCUT2D eigenvalue weighted by Gasteiger charge is 2.13. The van der Waals surface area contributed by atoms with Gasteiger partial charge in [0, 0.05) is 16.3 Å². The van der Waals surface area contributed by atoms with E-state index in [1.807, 2.05) is 5.43 Å². The van der Waals surface area contributed by atoms with Gasteiger partial charge in [-0.1, -0.05) is 40.9 Å². The molecule has 2 aromatic carbocycles. The van der Waals surface area contributed by atoms with Crippen molar-refractivity contribution in [1.29, 1.82) is 0 Å². The van der Waals surface area contributed by atoms with Gasteiger partial charge in [0.2, 0.25) is 0 Å². The zero-order chi connectivity index (χ0) is 17.7. The maximum absolute atomic E-state index is 13.0. The van der Waals surface area contributed by atoms with Crippen LogP contribution in [0.1, 0.15) is 5.56 Å². The Labute approximate surface area is 151 Å². The van der Waals surface area contributed by atoms with Crippen LogP contribution in [0.5, 0.6) is 0 Å². The number of hydrogen-bond acceptors (Lipinski definition) is 3. The molecule has 0 bridgehead atoms. The third-order valence-corrected chi connectivity index (χ3v) is 3.57. The fourth-order valence-corrected chi connectivity index (χ4v) is 2.22. The zero-order valence-electron chi connectivity index (χ0n) is 11.8. The Morgan fingerprint density at radius 2 is 1.75 bits per heavy atom. The highest BCUT2D eigenvalue weighted by atomic mass is 35.5. The van der Waals surface area contributed by atoms with Gasteiger partial charge < -0.3 is 5.32 Å². The number of halogens is 4. The third kappa shape index (κ3) is 4.92. The minimum atomic E-state index is -1.02. The highest BCUT2D eigenvalue weighted by molar-refractivity contribution is 6.40. The fourth-order valence-electron chi connectivity index (χ4n) is 1.58. The number of rotatable bonds is 3. The first kappa shape index (κ1) is 18.2. The summed E-state index contributed by atoms with van der Waals surface area (Å²) in [7, 11) is 0. The van der Waals surface area contributed by atoms with Crippen molar-refractivity contribution < 1.29 is 14.0 Å². The van der Waals surface area contributed by atoms with Crippen LogP contribution in [0.25, 0.3) is 0 Å². The molecular weight excluding hydrogens is 380 g/mol. The van der Waals surface area contributed by atoms with Crippen LogP contribution in [-0.4, -0.2) is 18.0 Å². The molecule has 0 aromatic heterocycles. The van der Waals surface area contributed by atoms with Crippen LogP contribution in [0.2, 0.25) is 15.1 Å². The first-order chi connectivity index (χ1) is 11.4. The minimum absolute atomic E-state index is 0.172. The lowest BCUT2D eigenvalue weighted by Gasteiger charge is -2.04. The molecule has 0 saturated carbocycles. The van der Waals surface area contributed by atoms with Crippen molar-refractivity contribution in [2.75, 3.05) is 5.32 Å². The van der Waals surface area contributed by atoms with E-state index in [4.69, 9.17) is 34.8 Å². The van der Waals surface area contributed by atoms with Crippen molar-refractivity contribution in [3.63, 3.8) is 0 Å². The van der Waals surface area contributed by atoms with Gasteiger partial charge in [-0.2, -0.15) is 5.10 Å². The molecule has 0 fully saturated rings. The molecule has 2 amide bonds. The molecule has 124 valence electrons. The summed E-state index contributed by atoms with van der Waals surface area (Å²) in [5.74, 6) is -2.64. The average Bonchev–Trinajstić information content (AvgIpc) is 2.53. The summed E-state index contributed by atoms with van der Waals surface area (Å²) < 4.78 is 13.0. The predicted molar refractivity (Wildman–Crippen MR) is 92.2 cm³/mol. The summed E-state index contributed by atoms with van der Waals surface area (Å²) in [5.41, 5.74) is 2.72. The Balaban J connectivity index is 1.95. The monoisotopic (exact) mass is 387 g/mol. The number of nitrogens with one attached hydrogen (secondary N) is 2. The molecule has 0 spiro atoms. The number of nitrogens with zero attached hydrogens (tertiary/aromatic N) is 1. The Hall–Kier alpha value is -2.15. The molecule has 2 rings (SSSR count). The smallest absolute Gasteiger partial charge is 0.318 e.